The van der Waals surface area contributed by atoms with Crippen LogP contribution in [0.25, 0.3) is 0 Å². The predicted molar refractivity (Wildman–Crippen MR) is 54.0 cm³/mol. The van der Waals surface area contributed by atoms with Gasteiger partial charge < -0.3 is 9.47 Å². The topological polar surface area (TPSA) is 35.5 Å². The first kappa shape index (κ1) is 10.9. The highest BCUT2D eigenvalue weighted by Crippen LogP contribution is 2.25. The Morgan fingerprint density at radius 1 is 1.50 bits per heavy atom. The number of esters is 1. The Labute approximate surface area is 87.6 Å². The first-order chi connectivity index (χ1) is 6.69. The fourth-order valence-electron chi connectivity index (χ4n) is 1.00. The summed E-state index contributed by atoms with van der Waals surface area (Å²) in [6.07, 6.45) is 0. The average Bonchev–Trinajstić information content (AvgIpc) is 2.19. The second kappa shape index (κ2) is 4.86. The van der Waals surface area contributed by atoms with Crippen LogP contribution in [0.4, 0.5) is 0 Å². The second-order valence-corrected chi connectivity index (χ2v) is 2.98. The van der Waals surface area contributed by atoms with Crippen LogP contribution >= 0.6 is 11.6 Å². The third kappa shape index (κ3) is 2.39. The van der Waals surface area contributed by atoms with Crippen molar-refractivity contribution in [3.05, 3.63) is 28.8 Å². The molecule has 0 aliphatic rings. The Bertz CT molecular complexity index is 336. The van der Waals surface area contributed by atoms with Gasteiger partial charge in [0.25, 0.3) is 0 Å². The van der Waals surface area contributed by atoms with Gasteiger partial charge in [-0.25, -0.2) is 4.79 Å². The minimum absolute atomic E-state index is 0.351. The van der Waals surface area contributed by atoms with E-state index in [0.717, 1.165) is 0 Å². The molecule has 0 aromatic heterocycles. The van der Waals surface area contributed by atoms with E-state index in [4.69, 9.17) is 21.1 Å². The zero-order valence-electron chi connectivity index (χ0n) is 8.04. The molecule has 76 valence electrons. The maximum absolute atomic E-state index is 11.3. The molecule has 1 aromatic carbocycles. The van der Waals surface area contributed by atoms with Gasteiger partial charge in [0.05, 0.1) is 24.3 Å². The zero-order valence-corrected chi connectivity index (χ0v) is 8.80. The molecule has 4 heteroatoms. The molecule has 0 heterocycles. The molecule has 0 atom stereocenters. The van der Waals surface area contributed by atoms with Crippen LogP contribution in [0, 0.1) is 0 Å². The molecule has 1 rings (SSSR count). The molecule has 0 spiro atoms. The number of ether oxygens (including phenoxy) is 2. The fourth-order valence-corrected chi connectivity index (χ4v) is 1.20. The van der Waals surface area contributed by atoms with Crippen molar-refractivity contribution in [2.24, 2.45) is 0 Å². The van der Waals surface area contributed by atoms with Crippen LogP contribution in [0.15, 0.2) is 18.2 Å². The normalized spacial score (nSPS) is 9.64. The average molecular weight is 215 g/mol. The molecule has 0 saturated carbocycles. The number of hydrogen-bond donors (Lipinski definition) is 0. The molecule has 0 fully saturated rings. The van der Waals surface area contributed by atoms with Crippen LogP contribution in [-0.2, 0) is 4.74 Å². The highest BCUT2D eigenvalue weighted by Gasteiger charge is 2.09. The lowest BCUT2D eigenvalue weighted by atomic mass is 10.2. The lowest BCUT2D eigenvalue weighted by Crippen LogP contribution is -2.04. The predicted octanol–water partition coefficient (Wildman–Crippen LogP) is 2.53. The smallest absolute Gasteiger partial charge is 0.338 e. The number of methoxy groups -OCH3 is 1. The number of carbonyl (C=O) groups is 1. The maximum Gasteiger partial charge on any atom is 0.338 e. The van der Waals surface area contributed by atoms with Crippen molar-refractivity contribution in [3.8, 4) is 5.75 Å². The molecule has 0 aliphatic carbocycles. The van der Waals surface area contributed by atoms with E-state index < -0.39 is 0 Å². The molecule has 3 nitrogen and oxygen atoms in total. The molecule has 0 unspecified atom stereocenters. The highest BCUT2D eigenvalue weighted by molar-refractivity contribution is 6.32. The van der Waals surface area contributed by atoms with Crippen LogP contribution in [0.3, 0.4) is 0 Å². The molecular weight excluding hydrogens is 204 g/mol. The van der Waals surface area contributed by atoms with Crippen molar-refractivity contribution in [3.63, 3.8) is 0 Å². The molecule has 0 N–H and O–H groups in total. The lowest BCUT2D eigenvalue weighted by molar-refractivity contribution is 0.0526. The van der Waals surface area contributed by atoms with E-state index in [1.54, 1.807) is 25.1 Å². The van der Waals surface area contributed by atoms with E-state index in [1.165, 1.54) is 7.11 Å². The van der Waals surface area contributed by atoms with Crippen molar-refractivity contribution < 1.29 is 14.3 Å². The van der Waals surface area contributed by atoms with E-state index in [1.807, 2.05) is 0 Å². The lowest BCUT2D eigenvalue weighted by Gasteiger charge is -2.05. The minimum atomic E-state index is -0.373. The van der Waals surface area contributed by atoms with Gasteiger partial charge in [-0.05, 0) is 25.1 Å². The van der Waals surface area contributed by atoms with Gasteiger partial charge >= 0.3 is 5.97 Å². The molecular formula is C10H11ClO3. The van der Waals surface area contributed by atoms with Gasteiger partial charge in [-0.1, -0.05) is 11.6 Å². The summed E-state index contributed by atoms with van der Waals surface area (Å²) in [4.78, 5) is 11.3. The van der Waals surface area contributed by atoms with Gasteiger partial charge in [0.2, 0.25) is 0 Å². The first-order valence-electron chi connectivity index (χ1n) is 4.19. The van der Waals surface area contributed by atoms with Gasteiger partial charge in [0, 0.05) is 0 Å². The van der Waals surface area contributed by atoms with Gasteiger partial charge in [-0.2, -0.15) is 0 Å². The van der Waals surface area contributed by atoms with Crippen molar-refractivity contribution in [2.45, 2.75) is 6.92 Å². The number of rotatable bonds is 3. The summed E-state index contributed by atoms with van der Waals surface area (Å²) in [6, 6.07) is 4.76. The molecule has 0 aliphatic heterocycles. The van der Waals surface area contributed by atoms with E-state index in [0.29, 0.717) is 22.9 Å². The summed E-state index contributed by atoms with van der Waals surface area (Å²) in [5, 5.41) is 0.473. The highest BCUT2D eigenvalue weighted by atomic mass is 35.5. The van der Waals surface area contributed by atoms with Gasteiger partial charge in [0.1, 0.15) is 5.75 Å². The van der Waals surface area contributed by atoms with Crippen molar-refractivity contribution in [1.82, 2.24) is 0 Å². The van der Waals surface area contributed by atoms with E-state index in [2.05, 4.69) is 0 Å². The number of hydrogen-bond acceptors (Lipinski definition) is 3. The first-order valence-corrected chi connectivity index (χ1v) is 4.57. The number of benzene rings is 1. The van der Waals surface area contributed by atoms with Crippen LogP contribution in [-0.4, -0.2) is 19.7 Å². The standard InChI is InChI=1S/C10H11ClO3/c1-3-14-10(12)7-4-5-8(11)9(6-7)13-2/h4-6H,3H2,1-2H3. The zero-order chi connectivity index (χ0) is 10.6. The summed E-state index contributed by atoms with van der Waals surface area (Å²) in [7, 11) is 1.50. The fraction of sp³-hybridized carbons (Fsp3) is 0.300. The Kier molecular flexibility index (Phi) is 3.77. The summed E-state index contributed by atoms with van der Waals surface area (Å²) in [5.41, 5.74) is 0.438. The van der Waals surface area contributed by atoms with E-state index >= 15 is 0 Å². The third-order valence-electron chi connectivity index (χ3n) is 1.66. The van der Waals surface area contributed by atoms with Crippen molar-refractivity contribution in [2.75, 3.05) is 13.7 Å². The Morgan fingerprint density at radius 2 is 2.21 bits per heavy atom. The summed E-state index contributed by atoms with van der Waals surface area (Å²) >= 11 is 5.80. The molecule has 0 amide bonds. The summed E-state index contributed by atoms with van der Waals surface area (Å²) in [5.74, 6) is 0.0969. The molecule has 1 aromatic rings. The summed E-state index contributed by atoms with van der Waals surface area (Å²) < 4.78 is 9.80. The van der Waals surface area contributed by atoms with Crippen LogP contribution in [0.5, 0.6) is 5.75 Å². The van der Waals surface area contributed by atoms with Crippen LogP contribution < -0.4 is 4.74 Å². The van der Waals surface area contributed by atoms with Crippen LogP contribution in [0.2, 0.25) is 5.02 Å². The quantitative estimate of drug-likeness (QED) is 0.726. The molecule has 14 heavy (non-hydrogen) atoms. The van der Waals surface area contributed by atoms with Crippen molar-refractivity contribution >= 4 is 17.6 Å². The van der Waals surface area contributed by atoms with Gasteiger partial charge in [-0.3, -0.25) is 0 Å². The van der Waals surface area contributed by atoms with E-state index in [-0.39, 0.29) is 5.97 Å². The minimum Gasteiger partial charge on any atom is -0.495 e. The Morgan fingerprint density at radius 3 is 2.79 bits per heavy atom. The summed E-state index contributed by atoms with van der Waals surface area (Å²) in [6.45, 7) is 2.11. The SMILES string of the molecule is CCOC(=O)c1ccc(Cl)c(OC)c1. The monoisotopic (exact) mass is 214 g/mol. The van der Waals surface area contributed by atoms with Gasteiger partial charge in [-0.15, -0.1) is 0 Å². The second-order valence-electron chi connectivity index (χ2n) is 2.57. The van der Waals surface area contributed by atoms with Crippen molar-refractivity contribution in [1.29, 1.82) is 0 Å². The van der Waals surface area contributed by atoms with E-state index in [9.17, 15) is 4.79 Å². The number of halogens is 1. The number of carbonyl (C=O) groups excluding carboxylic acids is 1. The maximum atomic E-state index is 11.3. The molecule has 0 bridgehead atoms. The molecule has 0 saturated heterocycles. The molecule has 0 radical (unpaired) electrons. The Balaban J connectivity index is 2.94. The third-order valence-corrected chi connectivity index (χ3v) is 1.97. The largest absolute Gasteiger partial charge is 0.495 e. The van der Waals surface area contributed by atoms with Gasteiger partial charge in [0.15, 0.2) is 0 Å². The Hall–Kier alpha value is -1.22. The van der Waals surface area contributed by atoms with Crippen LogP contribution in [0.1, 0.15) is 17.3 Å².